The molecule has 5 heterocycles. The molecule has 14 heteroatoms. The van der Waals surface area contributed by atoms with Gasteiger partial charge in [0.05, 0.1) is 42.5 Å². The van der Waals surface area contributed by atoms with Crippen molar-refractivity contribution in [1.29, 1.82) is 0 Å². The van der Waals surface area contributed by atoms with E-state index in [1.165, 1.54) is 12.7 Å². The smallest absolute Gasteiger partial charge is 0.407 e. The van der Waals surface area contributed by atoms with Crippen LogP contribution >= 0.6 is 0 Å². The number of likely N-dealkylation sites (tertiary alicyclic amines) is 2. The molecule has 14 nitrogen and oxygen atoms in total. The number of ether oxygens (including phenoxy) is 2. The van der Waals surface area contributed by atoms with Gasteiger partial charge >= 0.3 is 6.09 Å². The van der Waals surface area contributed by atoms with Crippen molar-refractivity contribution in [2.45, 2.75) is 89.4 Å². The zero-order valence-electron chi connectivity index (χ0n) is 38.3. The minimum Gasteiger partial charge on any atom is -0.453 e. The molecule has 0 bridgehead atoms. The summed E-state index contributed by atoms with van der Waals surface area (Å²) in [5, 5.41) is 8.08. The second-order valence-electron chi connectivity index (χ2n) is 18.8. The Kier molecular flexibility index (Phi) is 12.4. The second kappa shape index (κ2) is 18.8. The number of carbonyl (C=O) groups excluding carboxylic acids is 4. The monoisotopic (exact) mass is 902 g/mol. The Bertz CT molecular complexity index is 2810. The summed E-state index contributed by atoms with van der Waals surface area (Å²) in [6.07, 6.45) is 7.50. The van der Waals surface area contributed by atoms with Gasteiger partial charge in [0.2, 0.25) is 17.7 Å². The van der Waals surface area contributed by atoms with Gasteiger partial charge in [-0.05, 0) is 102 Å². The van der Waals surface area contributed by atoms with Crippen LogP contribution in [-0.4, -0.2) is 93.0 Å². The van der Waals surface area contributed by atoms with Crippen LogP contribution in [0.3, 0.4) is 0 Å². The third-order valence-corrected chi connectivity index (χ3v) is 14.2. The van der Waals surface area contributed by atoms with E-state index in [-0.39, 0.29) is 41.6 Å². The van der Waals surface area contributed by atoms with Crippen molar-refractivity contribution in [2.24, 2.45) is 11.8 Å². The number of aryl methyl sites for hydroxylation is 2. The lowest BCUT2D eigenvalue weighted by Crippen LogP contribution is -2.51. The van der Waals surface area contributed by atoms with E-state index in [1.807, 2.05) is 60.2 Å². The van der Waals surface area contributed by atoms with Crippen LogP contribution in [0, 0.1) is 11.8 Å². The molecule has 4 aliphatic rings. The first-order valence-electron chi connectivity index (χ1n) is 23.8. The maximum Gasteiger partial charge on any atom is 0.407 e. The quantitative estimate of drug-likeness (QED) is 0.100. The van der Waals surface area contributed by atoms with E-state index in [9.17, 15) is 19.2 Å². The maximum atomic E-state index is 14.4. The summed E-state index contributed by atoms with van der Waals surface area (Å²) in [6.45, 7) is 6.15. The van der Waals surface area contributed by atoms with Crippen LogP contribution in [0.15, 0.2) is 91.1 Å². The summed E-state index contributed by atoms with van der Waals surface area (Å²) in [6, 6.07) is 27.3. The summed E-state index contributed by atoms with van der Waals surface area (Å²) in [5.74, 6) is 0.920. The number of methoxy groups -OCH3 is 1. The Morgan fingerprint density at radius 1 is 0.746 bits per heavy atom. The lowest BCUT2D eigenvalue weighted by molar-refractivity contribution is -0.139. The van der Waals surface area contributed by atoms with Gasteiger partial charge in [0, 0.05) is 43.3 Å². The van der Waals surface area contributed by atoms with Gasteiger partial charge < -0.3 is 39.9 Å². The Labute approximate surface area is 390 Å². The van der Waals surface area contributed by atoms with E-state index >= 15 is 0 Å². The van der Waals surface area contributed by atoms with Crippen molar-refractivity contribution in [3.8, 4) is 33.6 Å². The Morgan fingerprint density at radius 3 is 2.15 bits per heavy atom. The van der Waals surface area contributed by atoms with Crippen LogP contribution in [-0.2, 0) is 36.7 Å². The standard InChI is InChI=1S/C53H58N8O6/c1-31(2)45(59-53(65)66-3)51(63)61-24-8-12-44(61)49-55-41-20-18-38-28-37(17-19-40(38)47(41)57-49)34-13-14-36-29-39(16-15-35(36)27-34)42-30-54-48(56-42)43-11-7-23-60(43)52(64)46(32-9-5-4-6-10-32)58-50(62)33-21-25-67-26-22-33/h4-6,9-10,13-17,19,27-31,33,43-46H,7-8,11-12,18,20-26H2,1-3H3,(H,54,56)(H,55,57)(H,58,62)(H,59,65)/t43-,44-,45-,46+/m0/s1. The van der Waals surface area contributed by atoms with Crippen molar-refractivity contribution in [2.75, 3.05) is 33.4 Å². The first-order chi connectivity index (χ1) is 32.6. The van der Waals surface area contributed by atoms with Crippen LogP contribution in [0.25, 0.3) is 44.4 Å². The number of aromatic nitrogens is 4. The maximum absolute atomic E-state index is 14.4. The topological polar surface area (TPSA) is 175 Å². The van der Waals surface area contributed by atoms with Crippen LogP contribution in [0.4, 0.5) is 4.79 Å². The molecule has 4 N–H and O–H groups in total. The summed E-state index contributed by atoms with van der Waals surface area (Å²) >= 11 is 0. The van der Waals surface area contributed by atoms with E-state index in [1.54, 1.807) is 0 Å². The van der Waals surface area contributed by atoms with Crippen molar-refractivity contribution < 1.29 is 28.7 Å². The Balaban J connectivity index is 0.836. The average molecular weight is 903 g/mol. The molecule has 4 atom stereocenters. The first kappa shape index (κ1) is 44.1. The van der Waals surface area contributed by atoms with Crippen molar-refractivity contribution >= 4 is 34.6 Å². The van der Waals surface area contributed by atoms with Gasteiger partial charge in [0.1, 0.15) is 23.7 Å². The normalized spacial score (nSPS) is 19.2. The van der Waals surface area contributed by atoms with Gasteiger partial charge in [-0.1, -0.05) is 86.6 Å². The molecule has 0 saturated carbocycles. The van der Waals surface area contributed by atoms with Crippen molar-refractivity contribution in [1.82, 2.24) is 40.4 Å². The molecule has 4 amide bonds. The highest BCUT2D eigenvalue weighted by Crippen LogP contribution is 2.40. The first-order valence-corrected chi connectivity index (χ1v) is 23.8. The predicted octanol–water partition coefficient (Wildman–Crippen LogP) is 8.38. The number of hydrogen-bond donors (Lipinski definition) is 4. The molecule has 3 fully saturated rings. The fourth-order valence-corrected chi connectivity index (χ4v) is 10.5. The van der Waals surface area contributed by atoms with Gasteiger partial charge in [-0.2, -0.15) is 0 Å². The van der Waals surface area contributed by atoms with Crippen LogP contribution < -0.4 is 10.6 Å². The number of carbonyl (C=O) groups is 4. The zero-order valence-corrected chi connectivity index (χ0v) is 38.3. The zero-order chi connectivity index (χ0) is 46.2. The SMILES string of the molecule is COC(=O)N[C@H](C(=O)N1CCC[C@H]1c1nc2c([nH]1)-c1ccc(-c3ccc4cc(-c5cnc([C@@H]6CCCN6C(=O)[C@H](NC(=O)C6CCOCC6)c6ccccc6)[nH]5)ccc4c3)cc1CC2)C(C)C. The molecule has 10 rings (SSSR count). The number of amides is 4. The van der Waals surface area contributed by atoms with Gasteiger partial charge in [-0.3, -0.25) is 14.4 Å². The van der Waals surface area contributed by atoms with Crippen molar-refractivity contribution in [3.63, 3.8) is 0 Å². The minimum atomic E-state index is -0.785. The number of nitrogens with zero attached hydrogens (tertiary/aromatic N) is 4. The van der Waals surface area contributed by atoms with Crippen LogP contribution in [0.1, 0.15) is 99.0 Å². The molecule has 2 aromatic heterocycles. The summed E-state index contributed by atoms with van der Waals surface area (Å²) in [7, 11) is 1.31. The molecule has 67 heavy (non-hydrogen) atoms. The van der Waals surface area contributed by atoms with Gasteiger partial charge in [0.25, 0.3) is 0 Å². The number of alkyl carbamates (subject to hydrolysis) is 1. The second-order valence-corrected chi connectivity index (χ2v) is 18.8. The molecular formula is C53H58N8O6. The molecule has 1 aliphatic carbocycles. The van der Waals surface area contributed by atoms with E-state index in [4.69, 9.17) is 19.4 Å². The van der Waals surface area contributed by atoms with E-state index in [0.717, 1.165) is 106 Å². The molecule has 346 valence electrons. The highest BCUT2D eigenvalue weighted by atomic mass is 16.5. The Morgan fingerprint density at radius 2 is 1.42 bits per heavy atom. The highest BCUT2D eigenvalue weighted by Gasteiger charge is 2.40. The molecule has 6 aromatic rings. The van der Waals surface area contributed by atoms with Crippen LogP contribution in [0.5, 0.6) is 0 Å². The third-order valence-electron chi connectivity index (χ3n) is 14.2. The summed E-state index contributed by atoms with van der Waals surface area (Å²) in [4.78, 5) is 74.5. The number of nitrogens with one attached hydrogen (secondary N) is 4. The van der Waals surface area contributed by atoms with E-state index in [2.05, 4.69) is 75.2 Å². The number of aromatic amines is 2. The predicted molar refractivity (Wildman–Crippen MR) is 254 cm³/mol. The number of rotatable bonds is 11. The van der Waals surface area contributed by atoms with Crippen molar-refractivity contribution in [3.05, 3.63) is 120 Å². The Hall–Kier alpha value is -6.80. The largest absolute Gasteiger partial charge is 0.453 e. The average Bonchev–Trinajstić information content (AvgIpc) is 4.21. The van der Waals surface area contributed by atoms with Gasteiger partial charge in [-0.15, -0.1) is 0 Å². The van der Waals surface area contributed by atoms with E-state index < -0.39 is 18.2 Å². The molecule has 0 unspecified atom stereocenters. The number of benzene rings is 4. The number of imidazole rings is 2. The summed E-state index contributed by atoms with van der Waals surface area (Å²) in [5.41, 5.74) is 9.35. The molecule has 3 aliphatic heterocycles. The lowest BCUT2D eigenvalue weighted by Gasteiger charge is -2.30. The highest BCUT2D eigenvalue weighted by molar-refractivity contribution is 5.92. The molecule has 4 aromatic carbocycles. The molecular weight excluding hydrogens is 845 g/mol. The third kappa shape index (κ3) is 8.82. The fourth-order valence-electron chi connectivity index (χ4n) is 10.5. The molecule has 0 radical (unpaired) electrons. The van der Waals surface area contributed by atoms with Crippen LogP contribution in [0.2, 0.25) is 0 Å². The minimum absolute atomic E-state index is 0.102. The number of H-pyrrole nitrogens is 2. The number of fused-ring (bicyclic) bond motifs is 4. The molecule has 3 saturated heterocycles. The lowest BCUT2D eigenvalue weighted by atomic mass is 9.89. The van der Waals surface area contributed by atoms with E-state index in [0.29, 0.717) is 39.1 Å². The fraction of sp³-hybridized carbons (Fsp3) is 0.396. The number of hydrogen-bond acceptors (Lipinski definition) is 8. The molecule has 0 spiro atoms. The van der Waals surface area contributed by atoms with Gasteiger partial charge in [-0.25, -0.2) is 14.8 Å². The summed E-state index contributed by atoms with van der Waals surface area (Å²) < 4.78 is 10.3. The van der Waals surface area contributed by atoms with Gasteiger partial charge in [0.15, 0.2) is 0 Å².